The highest BCUT2D eigenvalue weighted by atomic mass is 35.5. The maximum atomic E-state index is 14.0. The maximum absolute atomic E-state index is 14.0. The van der Waals surface area contributed by atoms with Crippen LogP contribution in [0.3, 0.4) is 0 Å². The van der Waals surface area contributed by atoms with Crippen molar-refractivity contribution < 1.29 is 14.0 Å². The molecule has 2 amide bonds. The molecular formula is C21H24ClFN2O2S. The molecule has 150 valence electrons. The second kappa shape index (κ2) is 11.1. The zero-order valence-electron chi connectivity index (χ0n) is 16.0. The van der Waals surface area contributed by atoms with Crippen LogP contribution in [0.1, 0.15) is 25.3 Å². The lowest BCUT2D eigenvalue weighted by Crippen LogP contribution is -2.46. The molecule has 0 bridgehead atoms. The number of hydrogen-bond donors (Lipinski definition) is 1. The Labute approximate surface area is 174 Å². The summed E-state index contributed by atoms with van der Waals surface area (Å²) in [5, 5.41) is 3.24. The highest BCUT2D eigenvalue weighted by molar-refractivity contribution is 7.99. The molecule has 2 rings (SSSR count). The topological polar surface area (TPSA) is 49.4 Å². The molecule has 0 aliphatic rings. The molecule has 0 unspecified atom stereocenters. The molecule has 28 heavy (non-hydrogen) atoms. The molecule has 0 aromatic heterocycles. The van der Waals surface area contributed by atoms with E-state index in [1.54, 1.807) is 36.9 Å². The normalized spacial score (nSPS) is 11.7. The van der Waals surface area contributed by atoms with Crippen molar-refractivity contribution in [3.05, 3.63) is 64.9 Å². The summed E-state index contributed by atoms with van der Waals surface area (Å²) in [4.78, 5) is 27.4. The monoisotopic (exact) mass is 422 g/mol. The summed E-state index contributed by atoms with van der Waals surface area (Å²) in [7, 11) is 1.52. The number of halogens is 2. The van der Waals surface area contributed by atoms with Crippen molar-refractivity contribution >= 4 is 35.2 Å². The van der Waals surface area contributed by atoms with Gasteiger partial charge in [0.05, 0.1) is 0 Å². The Hall–Kier alpha value is -2.05. The average molecular weight is 423 g/mol. The molecule has 0 saturated heterocycles. The lowest BCUT2D eigenvalue weighted by Gasteiger charge is -2.28. The van der Waals surface area contributed by atoms with E-state index in [0.29, 0.717) is 17.0 Å². The van der Waals surface area contributed by atoms with Crippen LogP contribution in [-0.2, 0) is 16.1 Å². The number of likely N-dealkylation sites (N-methyl/N-ethyl adjacent to an activating group) is 1. The first-order chi connectivity index (χ1) is 13.4. The third-order valence-corrected chi connectivity index (χ3v) is 5.68. The highest BCUT2D eigenvalue weighted by Crippen LogP contribution is 2.22. The lowest BCUT2D eigenvalue weighted by atomic mass is 10.1. The summed E-state index contributed by atoms with van der Waals surface area (Å²) in [5.74, 6) is -0.0751. The number of hydrogen-bond acceptors (Lipinski definition) is 3. The lowest BCUT2D eigenvalue weighted by molar-refractivity contribution is -0.140. The fourth-order valence-corrected chi connectivity index (χ4v) is 3.67. The molecule has 0 fully saturated rings. The number of rotatable bonds is 9. The minimum atomic E-state index is -0.680. The second-order valence-corrected chi connectivity index (χ2v) is 7.91. The molecular weight excluding hydrogens is 399 g/mol. The molecule has 0 aliphatic carbocycles. The van der Waals surface area contributed by atoms with Crippen molar-refractivity contribution in [1.29, 1.82) is 0 Å². The summed E-state index contributed by atoms with van der Waals surface area (Å²) in [6.45, 7) is 1.71. The SMILES string of the molecule is CNC(=O)[C@H](C)N(Cc1ccccc1F)C(=O)CCCSc1ccc(Cl)cc1. The highest BCUT2D eigenvalue weighted by Gasteiger charge is 2.25. The zero-order valence-corrected chi connectivity index (χ0v) is 17.5. The van der Waals surface area contributed by atoms with E-state index in [1.165, 1.54) is 18.0 Å². The van der Waals surface area contributed by atoms with E-state index in [9.17, 15) is 14.0 Å². The van der Waals surface area contributed by atoms with Crippen molar-refractivity contribution in [3.8, 4) is 0 Å². The van der Waals surface area contributed by atoms with Crippen LogP contribution in [0.5, 0.6) is 0 Å². The van der Waals surface area contributed by atoms with Gasteiger partial charge in [0, 0.05) is 35.5 Å². The Morgan fingerprint density at radius 2 is 1.86 bits per heavy atom. The van der Waals surface area contributed by atoms with Gasteiger partial charge < -0.3 is 10.2 Å². The Bertz CT molecular complexity index is 801. The van der Waals surface area contributed by atoms with Crippen LogP contribution >= 0.6 is 23.4 Å². The summed E-state index contributed by atoms with van der Waals surface area (Å²) in [6.07, 6.45) is 0.941. The Morgan fingerprint density at radius 3 is 2.50 bits per heavy atom. The average Bonchev–Trinajstić information content (AvgIpc) is 2.70. The minimum absolute atomic E-state index is 0.0599. The summed E-state index contributed by atoms with van der Waals surface area (Å²) in [6, 6.07) is 13.1. The Kier molecular flexibility index (Phi) is 8.80. The van der Waals surface area contributed by atoms with E-state index in [1.807, 2.05) is 24.3 Å². The molecule has 0 heterocycles. The third kappa shape index (κ3) is 6.53. The number of benzene rings is 2. The molecule has 0 spiro atoms. The van der Waals surface area contributed by atoms with Crippen LogP contribution < -0.4 is 5.32 Å². The van der Waals surface area contributed by atoms with E-state index in [4.69, 9.17) is 11.6 Å². The van der Waals surface area contributed by atoms with Crippen LogP contribution in [0.4, 0.5) is 4.39 Å². The predicted molar refractivity (Wildman–Crippen MR) is 112 cm³/mol. The quantitative estimate of drug-likeness (QED) is 0.477. The van der Waals surface area contributed by atoms with Crippen molar-refractivity contribution in [2.24, 2.45) is 0 Å². The first-order valence-corrected chi connectivity index (χ1v) is 10.4. The van der Waals surface area contributed by atoms with Gasteiger partial charge in [-0.1, -0.05) is 29.8 Å². The van der Waals surface area contributed by atoms with Crippen molar-refractivity contribution in [1.82, 2.24) is 10.2 Å². The number of amides is 2. The largest absolute Gasteiger partial charge is 0.357 e. The van der Waals surface area contributed by atoms with Crippen molar-refractivity contribution in [2.45, 2.75) is 37.2 Å². The van der Waals surface area contributed by atoms with Gasteiger partial charge in [0.2, 0.25) is 11.8 Å². The summed E-state index contributed by atoms with van der Waals surface area (Å²) >= 11 is 7.52. The molecule has 1 atom stereocenters. The molecule has 0 radical (unpaired) electrons. The van der Waals surface area contributed by atoms with E-state index >= 15 is 0 Å². The van der Waals surface area contributed by atoms with Gasteiger partial charge in [-0.25, -0.2) is 4.39 Å². The summed E-state index contributed by atoms with van der Waals surface area (Å²) < 4.78 is 14.0. The van der Waals surface area contributed by atoms with Gasteiger partial charge >= 0.3 is 0 Å². The number of carbonyl (C=O) groups is 2. The number of nitrogens with zero attached hydrogens (tertiary/aromatic N) is 1. The van der Waals surface area contributed by atoms with Gasteiger partial charge in [0.15, 0.2) is 0 Å². The molecule has 2 aromatic carbocycles. The molecule has 0 aliphatic heterocycles. The molecule has 4 nitrogen and oxygen atoms in total. The van der Waals surface area contributed by atoms with Gasteiger partial charge in [-0.05, 0) is 49.4 Å². The van der Waals surface area contributed by atoms with Gasteiger partial charge in [0.1, 0.15) is 11.9 Å². The zero-order chi connectivity index (χ0) is 20.5. The van der Waals surface area contributed by atoms with Crippen LogP contribution in [0.2, 0.25) is 5.02 Å². The Balaban J connectivity index is 1.97. The summed E-state index contributed by atoms with van der Waals surface area (Å²) in [5.41, 5.74) is 0.391. The minimum Gasteiger partial charge on any atom is -0.357 e. The smallest absolute Gasteiger partial charge is 0.242 e. The number of thioether (sulfide) groups is 1. The van der Waals surface area contributed by atoms with Crippen LogP contribution in [-0.4, -0.2) is 35.6 Å². The van der Waals surface area contributed by atoms with Gasteiger partial charge in [-0.15, -0.1) is 11.8 Å². The van der Waals surface area contributed by atoms with E-state index in [0.717, 1.165) is 10.6 Å². The predicted octanol–water partition coefficient (Wildman–Crippen LogP) is 4.51. The number of nitrogens with one attached hydrogen (secondary N) is 1. The fraction of sp³-hybridized carbons (Fsp3) is 0.333. The molecule has 2 aromatic rings. The standard InChI is InChI=1S/C21H24ClFN2O2S/c1-15(21(27)24-2)25(14-16-6-3-4-7-19(16)23)20(26)8-5-13-28-18-11-9-17(22)10-12-18/h3-4,6-7,9-12,15H,5,8,13-14H2,1-2H3,(H,24,27)/t15-/m0/s1. The fourth-order valence-electron chi connectivity index (χ4n) is 2.69. The van der Waals surface area contributed by atoms with E-state index < -0.39 is 6.04 Å². The van der Waals surface area contributed by atoms with Crippen LogP contribution in [0.15, 0.2) is 53.4 Å². The first kappa shape index (κ1) is 22.2. The van der Waals surface area contributed by atoms with Crippen LogP contribution in [0, 0.1) is 5.82 Å². The first-order valence-electron chi connectivity index (χ1n) is 9.05. The maximum Gasteiger partial charge on any atom is 0.242 e. The number of carbonyl (C=O) groups excluding carboxylic acids is 2. The third-order valence-electron chi connectivity index (χ3n) is 4.33. The molecule has 0 saturated carbocycles. The van der Waals surface area contributed by atoms with E-state index in [2.05, 4.69) is 5.32 Å². The molecule has 1 N–H and O–H groups in total. The Morgan fingerprint density at radius 1 is 1.18 bits per heavy atom. The van der Waals surface area contributed by atoms with Crippen molar-refractivity contribution in [2.75, 3.05) is 12.8 Å². The van der Waals surface area contributed by atoms with Gasteiger partial charge in [0.25, 0.3) is 0 Å². The van der Waals surface area contributed by atoms with Gasteiger partial charge in [-0.2, -0.15) is 0 Å². The van der Waals surface area contributed by atoms with Crippen LogP contribution in [0.25, 0.3) is 0 Å². The second-order valence-electron chi connectivity index (χ2n) is 6.31. The molecule has 7 heteroatoms. The van der Waals surface area contributed by atoms with Crippen molar-refractivity contribution in [3.63, 3.8) is 0 Å². The van der Waals surface area contributed by atoms with Gasteiger partial charge in [-0.3, -0.25) is 9.59 Å². The van der Waals surface area contributed by atoms with E-state index in [-0.39, 0.29) is 30.6 Å².